The molecule has 0 amide bonds. The summed E-state index contributed by atoms with van der Waals surface area (Å²) in [5, 5.41) is 4.83. The quantitative estimate of drug-likeness (QED) is 0.835. The van der Waals surface area contributed by atoms with Crippen LogP contribution in [0.15, 0.2) is 18.2 Å². The van der Waals surface area contributed by atoms with E-state index in [4.69, 9.17) is 23.2 Å². The summed E-state index contributed by atoms with van der Waals surface area (Å²) in [6.45, 7) is 3.37. The molecule has 0 bridgehead atoms. The zero-order valence-electron chi connectivity index (χ0n) is 9.75. The highest BCUT2D eigenvalue weighted by atomic mass is 35.5. The minimum Gasteiger partial charge on any atom is -0.331 e. The van der Waals surface area contributed by atoms with Crippen molar-refractivity contribution < 1.29 is 4.79 Å². The lowest BCUT2D eigenvalue weighted by Crippen LogP contribution is -1.95. The van der Waals surface area contributed by atoms with E-state index in [2.05, 4.69) is 10.3 Å². The number of nitrogens with one attached hydrogen (secondary N) is 1. The monoisotopic (exact) mass is 300 g/mol. The maximum Gasteiger partial charge on any atom is 0.188 e. The molecule has 0 atom stereocenters. The first kappa shape index (κ1) is 13.3. The van der Waals surface area contributed by atoms with Gasteiger partial charge in [-0.2, -0.15) is 0 Å². The number of ketones is 1. The zero-order valence-corrected chi connectivity index (χ0v) is 12.1. The number of nitrogens with zero attached hydrogens (tertiary/aromatic N) is 1. The molecule has 0 saturated carbocycles. The van der Waals surface area contributed by atoms with Gasteiger partial charge in [-0.3, -0.25) is 4.79 Å². The molecule has 0 saturated heterocycles. The van der Waals surface area contributed by atoms with E-state index in [-0.39, 0.29) is 5.78 Å². The van der Waals surface area contributed by atoms with E-state index in [1.165, 1.54) is 18.3 Å². The molecule has 3 nitrogen and oxygen atoms in total. The number of aromatic nitrogens is 1. The number of hydrogen-bond donors (Lipinski definition) is 1. The van der Waals surface area contributed by atoms with Crippen molar-refractivity contribution >= 4 is 51.1 Å². The molecule has 0 radical (unpaired) electrons. The van der Waals surface area contributed by atoms with E-state index in [1.54, 1.807) is 18.2 Å². The summed E-state index contributed by atoms with van der Waals surface area (Å²) in [6, 6.07) is 5.15. The average molecular weight is 301 g/mol. The van der Waals surface area contributed by atoms with Crippen molar-refractivity contribution in [3.8, 4) is 0 Å². The van der Waals surface area contributed by atoms with E-state index >= 15 is 0 Å². The lowest BCUT2D eigenvalue weighted by atomic mass is 10.3. The average Bonchev–Trinajstić information content (AvgIpc) is 2.57. The van der Waals surface area contributed by atoms with E-state index in [0.29, 0.717) is 20.9 Å². The number of halogens is 2. The van der Waals surface area contributed by atoms with Crippen LogP contribution in [-0.4, -0.2) is 10.8 Å². The van der Waals surface area contributed by atoms with Crippen LogP contribution in [0.3, 0.4) is 0 Å². The SMILES string of the molecule is CC(=O)c1nc(Nc2cc(Cl)cc(Cl)c2)sc1C. The first-order chi connectivity index (χ1) is 8.45. The van der Waals surface area contributed by atoms with E-state index in [0.717, 1.165) is 10.6 Å². The molecule has 2 aromatic rings. The largest absolute Gasteiger partial charge is 0.331 e. The van der Waals surface area contributed by atoms with Crippen molar-refractivity contribution in [3.05, 3.63) is 38.8 Å². The number of Topliss-reactive ketones (excluding diaryl/α,β-unsaturated/α-hetero) is 1. The van der Waals surface area contributed by atoms with Gasteiger partial charge < -0.3 is 5.32 Å². The number of anilines is 2. The third kappa shape index (κ3) is 3.02. The van der Waals surface area contributed by atoms with Gasteiger partial charge in [-0.05, 0) is 25.1 Å². The molecule has 1 aromatic carbocycles. The van der Waals surface area contributed by atoms with E-state index in [1.807, 2.05) is 6.92 Å². The second-order valence-corrected chi connectivity index (χ2v) is 5.84. The number of rotatable bonds is 3. The van der Waals surface area contributed by atoms with Gasteiger partial charge in [0.05, 0.1) is 0 Å². The molecule has 0 unspecified atom stereocenters. The molecule has 1 heterocycles. The first-order valence-electron chi connectivity index (χ1n) is 5.17. The van der Waals surface area contributed by atoms with Crippen LogP contribution in [0.4, 0.5) is 10.8 Å². The Kier molecular flexibility index (Phi) is 3.90. The number of aryl methyl sites for hydroxylation is 1. The standard InChI is InChI=1S/C12H10Cl2N2OS/c1-6(17)11-7(2)18-12(16-11)15-10-4-8(13)3-9(14)5-10/h3-5H,1-2H3,(H,15,16). The van der Waals surface area contributed by atoms with Crippen molar-refractivity contribution in [1.29, 1.82) is 0 Å². The lowest BCUT2D eigenvalue weighted by molar-refractivity contribution is 0.101. The van der Waals surface area contributed by atoms with Gasteiger partial charge in [-0.25, -0.2) is 4.98 Å². The van der Waals surface area contributed by atoms with Gasteiger partial charge in [-0.15, -0.1) is 11.3 Å². The highest BCUT2D eigenvalue weighted by Crippen LogP contribution is 2.28. The fraction of sp³-hybridized carbons (Fsp3) is 0.167. The van der Waals surface area contributed by atoms with Crippen molar-refractivity contribution in [1.82, 2.24) is 4.98 Å². The van der Waals surface area contributed by atoms with Crippen LogP contribution in [0.5, 0.6) is 0 Å². The van der Waals surface area contributed by atoms with Gasteiger partial charge in [0, 0.05) is 27.5 Å². The van der Waals surface area contributed by atoms with Crippen LogP contribution in [0, 0.1) is 6.92 Å². The van der Waals surface area contributed by atoms with Gasteiger partial charge in [0.2, 0.25) is 0 Å². The summed E-state index contributed by atoms with van der Waals surface area (Å²) >= 11 is 13.2. The maximum atomic E-state index is 11.3. The molecule has 0 fully saturated rings. The Hall–Kier alpha value is -1.10. The summed E-state index contributed by atoms with van der Waals surface area (Å²) in [5.74, 6) is -0.0408. The topological polar surface area (TPSA) is 42.0 Å². The molecule has 2 rings (SSSR count). The minimum absolute atomic E-state index is 0.0408. The van der Waals surface area contributed by atoms with Crippen LogP contribution < -0.4 is 5.32 Å². The normalized spacial score (nSPS) is 10.4. The first-order valence-corrected chi connectivity index (χ1v) is 6.74. The Morgan fingerprint density at radius 3 is 2.39 bits per heavy atom. The van der Waals surface area contributed by atoms with E-state index < -0.39 is 0 Å². The molecule has 0 aliphatic carbocycles. The fourth-order valence-corrected chi connectivity index (χ4v) is 2.93. The zero-order chi connectivity index (χ0) is 13.3. The van der Waals surface area contributed by atoms with Crippen LogP contribution in [0.2, 0.25) is 10.0 Å². The van der Waals surface area contributed by atoms with Gasteiger partial charge in [0.25, 0.3) is 0 Å². The smallest absolute Gasteiger partial charge is 0.188 e. The second-order valence-electron chi connectivity index (χ2n) is 3.76. The second kappa shape index (κ2) is 5.26. The van der Waals surface area contributed by atoms with Gasteiger partial charge in [-0.1, -0.05) is 23.2 Å². The number of benzene rings is 1. The fourth-order valence-electron chi connectivity index (χ4n) is 1.53. The van der Waals surface area contributed by atoms with Crippen molar-refractivity contribution in [2.45, 2.75) is 13.8 Å². The molecular weight excluding hydrogens is 291 g/mol. The Morgan fingerprint density at radius 1 is 1.28 bits per heavy atom. The molecule has 94 valence electrons. The molecule has 1 aromatic heterocycles. The lowest BCUT2D eigenvalue weighted by Gasteiger charge is -2.03. The van der Waals surface area contributed by atoms with Crippen LogP contribution in [-0.2, 0) is 0 Å². The number of carbonyl (C=O) groups excluding carboxylic acids is 1. The van der Waals surface area contributed by atoms with Crippen LogP contribution in [0.25, 0.3) is 0 Å². The summed E-state index contributed by atoms with van der Waals surface area (Å²) in [5.41, 5.74) is 1.24. The summed E-state index contributed by atoms with van der Waals surface area (Å²) < 4.78 is 0. The summed E-state index contributed by atoms with van der Waals surface area (Å²) in [4.78, 5) is 16.4. The highest BCUT2D eigenvalue weighted by molar-refractivity contribution is 7.15. The molecule has 18 heavy (non-hydrogen) atoms. The van der Waals surface area contributed by atoms with Crippen molar-refractivity contribution in [2.75, 3.05) is 5.32 Å². The number of thiazole rings is 1. The Bertz CT molecular complexity index is 590. The Balaban J connectivity index is 2.28. The summed E-state index contributed by atoms with van der Waals surface area (Å²) in [7, 11) is 0. The van der Waals surface area contributed by atoms with Crippen molar-refractivity contribution in [3.63, 3.8) is 0 Å². The van der Waals surface area contributed by atoms with Crippen LogP contribution in [0.1, 0.15) is 22.3 Å². The third-order valence-corrected chi connectivity index (χ3v) is 3.57. The molecule has 0 aliphatic heterocycles. The van der Waals surface area contributed by atoms with Gasteiger partial charge in [0.1, 0.15) is 5.69 Å². The minimum atomic E-state index is -0.0408. The Labute approximate surface area is 119 Å². The number of hydrogen-bond acceptors (Lipinski definition) is 4. The van der Waals surface area contributed by atoms with Crippen LogP contribution >= 0.6 is 34.5 Å². The summed E-state index contributed by atoms with van der Waals surface area (Å²) in [6.07, 6.45) is 0. The molecule has 0 spiro atoms. The molecule has 6 heteroatoms. The van der Waals surface area contributed by atoms with Crippen molar-refractivity contribution in [2.24, 2.45) is 0 Å². The highest BCUT2D eigenvalue weighted by Gasteiger charge is 2.11. The predicted octanol–water partition coefficient (Wildman–Crippen LogP) is 4.70. The number of carbonyl (C=O) groups is 1. The molecule has 0 aliphatic rings. The van der Waals surface area contributed by atoms with Gasteiger partial charge >= 0.3 is 0 Å². The van der Waals surface area contributed by atoms with E-state index in [9.17, 15) is 4.79 Å². The maximum absolute atomic E-state index is 11.3. The predicted molar refractivity (Wildman–Crippen MR) is 76.6 cm³/mol. The molecular formula is C12H10Cl2N2OS. The third-order valence-electron chi connectivity index (χ3n) is 2.24. The Morgan fingerprint density at radius 2 is 1.89 bits per heavy atom. The molecule has 1 N–H and O–H groups in total. The van der Waals surface area contributed by atoms with Gasteiger partial charge in [0.15, 0.2) is 10.9 Å².